The van der Waals surface area contributed by atoms with Gasteiger partial charge in [-0.3, -0.25) is 9.78 Å². The first-order chi connectivity index (χ1) is 11.7. The average Bonchev–Trinajstić information content (AvgIpc) is 2.64. The highest BCUT2D eigenvalue weighted by Crippen LogP contribution is 2.31. The second-order valence-electron chi connectivity index (χ2n) is 5.93. The molecule has 5 heteroatoms. The Morgan fingerprint density at radius 3 is 2.79 bits per heavy atom. The molecule has 1 fully saturated rings. The standard InChI is InChI=1S/C19H23N3O2/c1-3-18-19(22-6-8-24-9-7-22)10-15(12-20-18)17-11-16(21-13-23)5-4-14(17)2/h4-5,10-13H,3,6-9H2,1-2H3,(H,21,23). The van der Waals surface area contributed by atoms with Gasteiger partial charge in [0.15, 0.2) is 0 Å². The lowest BCUT2D eigenvalue weighted by atomic mass is 10.00. The number of carbonyl (C=O) groups is 1. The summed E-state index contributed by atoms with van der Waals surface area (Å²) >= 11 is 0. The summed E-state index contributed by atoms with van der Waals surface area (Å²) in [6.45, 7) is 7.50. The normalized spacial score (nSPS) is 14.5. The largest absolute Gasteiger partial charge is 0.378 e. The number of nitrogens with zero attached hydrogens (tertiary/aromatic N) is 2. The van der Waals surface area contributed by atoms with E-state index in [1.807, 2.05) is 24.4 Å². The van der Waals surface area contributed by atoms with Crippen molar-refractivity contribution in [2.75, 3.05) is 36.5 Å². The molecule has 0 bridgehead atoms. The average molecular weight is 325 g/mol. The molecule has 1 amide bonds. The zero-order valence-electron chi connectivity index (χ0n) is 14.2. The van der Waals surface area contributed by atoms with Crippen LogP contribution in [0.2, 0.25) is 0 Å². The molecule has 0 saturated carbocycles. The Morgan fingerprint density at radius 2 is 2.08 bits per heavy atom. The summed E-state index contributed by atoms with van der Waals surface area (Å²) in [4.78, 5) is 17.8. The lowest BCUT2D eigenvalue weighted by Gasteiger charge is -2.30. The van der Waals surface area contributed by atoms with Crippen LogP contribution in [0.15, 0.2) is 30.5 Å². The summed E-state index contributed by atoms with van der Waals surface area (Å²) in [5, 5.41) is 2.72. The topological polar surface area (TPSA) is 54.5 Å². The molecule has 0 aliphatic carbocycles. The molecule has 1 aliphatic heterocycles. The lowest BCUT2D eigenvalue weighted by Crippen LogP contribution is -2.37. The monoisotopic (exact) mass is 325 g/mol. The van der Waals surface area contributed by atoms with Gasteiger partial charge >= 0.3 is 0 Å². The Morgan fingerprint density at radius 1 is 1.29 bits per heavy atom. The highest BCUT2D eigenvalue weighted by molar-refractivity contribution is 5.78. The molecule has 126 valence electrons. The van der Waals surface area contributed by atoms with Gasteiger partial charge in [-0.15, -0.1) is 0 Å². The molecule has 1 aromatic heterocycles. The van der Waals surface area contributed by atoms with E-state index >= 15 is 0 Å². The van der Waals surface area contributed by atoms with Crippen molar-refractivity contribution < 1.29 is 9.53 Å². The third-order valence-electron chi connectivity index (χ3n) is 4.41. The van der Waals surface area contributed by atoms with Gasteiger partial charge in [-0.2, -0.15) is 0 Å². The molecule has 1 saturated heterocycles. The number of ether oxygens (including phenoxy) is 1. The second kappa shape index (κ2) is 7.45. The number of aromatic nitrogens is 1. The summed E-state index contributed by atoms with van der Waals surface area (Å²) in [6.07, 6.45) is 3.53. The predicted octanol–water partition coefficient (Wildman–Crippen LogP) is 3.02. The molecule has 2 aromatic rings. The molecular formula is C19H23N3O2. The summed E-state index contributed by atoms with van der Waals surface area (Å²) in [7, 11) is 0. The van der Waals surface area contributed by atoms with Gasteiger partial charge in [0.1, 0.15) is 0 Å². The van der Waals surface area contributed by atoms with E-state index in [2.05, 4.69) is 30.1 Å². The highest BCUT2D eigenvalue weighted by atomic mass is 16.5. The van der Waals surface area contributed by atoms with Crippen molar-refractivity contribution in [1.82, 2.24) is 4.98 Å². The second-order valence-corrected chi connectivity index (χ2v) is 5.93. The van der Waals surface area contributed by atoms with Crippen LogP contribution in [0, 0.1) is 6.92 Å². The van der Waals surface area contributed by atoms with E-state index in [4.69, 9.17) is 9.72 Å². The van der Waals surface area contributed by atoms with E-state index in [1.54, 1.807) is 0 Å². The van der Waals surface area contributed by atoms with Gasteiger partial charge in [0.2, 0.25) is 6.41 Å². The Hall–Kier alpha value is -2.40. The fraction of sp³-hybridized carbons (Fsp3) is 0.368. The predicted molar refractivity (Wildman–Crippen MR) is 96.5 cm³/mol. The van der Waals surface area contributed by atoms with Crippen LogP contribution in [-0.2, 0) is 16.0 Å². The SMILES string of the molecule is CCc1ncc(-c2cc(NC=O)ccc2C)cc1N1CCOCC1. The van der Waals surface area contributed by atoms with Crippen molar-refractivity contribution in [2.24, 2.45) is 0 Å². The molecule has 5 nitrogen and oxygen atoms in total. The smallest absolute Gasteiger partial charge is 0.211 e. The molecule has 24 heavy (non-hydrogen) atoms. The molecule has 1 N–H and O–H groups in total. The number of carbonyl (C=O) groups excluding carboxylic acids is 1. The minimum Gasteiger partial charge on any atom is -0.378 e. The van der Waals surface area contributed by atoms with E-state index in [1.165, 1.54) is 5.69 Å². The fourth-order valence-electron chi connectivity index (χ4n) is 3.07. The molecule has 0 unspecified atom stereocenters. The first-order valence-electron chi connectivity index (χ1n) is 8.35. The first-order valence-corrected chi connectivity index (χ1v) is 8.35. The van der Waals surface area contributed by atoms with Crippen LogP contribution in [0.5, 0.6) is 0 Å². The molecule has 0 atom stereocenters. The number of hydrogen-bond donors (Lipinski definition) is 1. The summed E-state index contributed by atoms with van der Waals surface area (Å²) in [6, 6.07) is 8.13. The Labute approximate surface area is 142 Å². The van der Waals surface area contributed by atoms with Crippen LogP contribution in [0.4, 0.5) is 11.4 Å². The number of hydrogen-bond acceptors (Lipinski definition) is 4. The number of pyridine rings is 1. The number of morpholine rings is 1. The molecule has 1 aliphatic rings. The number of rotatable bonds is 5. The Balaban J connectivity index is 2.02. The van der Waals surface area contributed by atoms with Crippen LogP contribution >= 0.6 is 0 Å². The quantitative estimate of drug-likeness (QED) is 0.859. The minimum absolute atomic E-state index is 0.700. The maximum atomic E-state index is 10.7. The molecule has 3 rings (SSSR count). The van der Waals surface area contributed by atoms with E-state index in [0.29, 0.717) is 6.41 Å². The van der Waals surface area contributed by atoms with Gasteiger partial charge < -0.3 is 15.0 Å². The maximum absolute atomic E-state index is 10.7. The zero-order chi connectivity index (χ0) is 16.9. The van der Waals surface area contributed by atoms with Crippen LogP contribution in [-0.4, -0.2) is 37.7 Å². The summed E-state index contributed by atoms with van der Waals surface area (Å²) < 4.78 is 5.47. The van der Waals surface area contributed by atoms with E-state index < -0.39 is 0 Å². The van der Waals surface area contributed by atoms with E-state index in [0.717, 1.165) is 60.8 Å². The third-order valence-corrected chi connectivity index (χ3v) is 4.41. The first kappa shape index (κ1) is 16.5. The summed E-state index contributed by atoms with van der Waals surface area (Å²) in [5.74, 6) is 0. The number of amides is 1. The number of benzene rings is 1. The lowest BCUT2D eigenvalue weighted by molar-refractivity contribution is -0.105. The van der Waals surface area contributed by atoms with Crippen molar-refractivity contribution in [3.63, 3.8) is 0 Å². The molecule has 0 radical (unpaired) electrons. The van der Waals surface area contributed by atoms with Crippen molar-refractivity contribution in [3.8, 4) is 11.1 Å². The number of anilines is 2. The highest BCUT2D eigenvalue weighted by Gasteiger charge is 2.16. The van der Waals surface area contributed by atoms with Crippen molar-refractivity contribution in [3.05, 3.63) is 41.7 Å². The minimum atomic E-state index is 0.700. The number of nitrogens with one attached hydrogen (secondary N) is 1. The third kappa shape index (κ3) is 3.41. The van der Waals surface area contributed by atoms with Gasteiger partial charge in [-0.1, -0.05) is 13.0 Å². The zero-order valence-corrected chi connectivity index (χ0v) is 14.2. The van der Waals surface area contributed by atoms with Crippen molar-refractivity contribution in [1.29, 1.82) is 0 Å². The fourth-order valence-corrected chi connectivity index (χ4v) is 3.07. The molecule has 2 heterocycles. The van der Waals surface area contributed by atoms with Crippen LogP contribution in [0.25, 0.3) is 11.1 Å². The van der Waals surface area contributed by atoms with Gasteiger partial charge in [0.25, 0.3) is 0 Å². The van der Waals surface area contributed by atoms with Crippen LogP contribution in [0.1, 0.15) is 18.2 Å². The maximum Gasteiger partial charge on any atom is 0.211 e. The molecule has 1 aromatic carbocycles. The number of aryl methyl sites for hydroxylation is 2. The Kier molecular flexibility index (Phi) is 5.11. The molecule has 0 spiro atoms. The van der Waals surface area contributed by atoms with Gasteiger partial charge in [-0.05, 0) is 42.7 Å². The van der Waals surface area contributed by atoms with Crippen molar-refractivity contribution in [2.45, 2.75) is 20.3 Å². The summed E-state index contributed by atoms with van der Waals surface area (Å²) in [5.41, 5.74) is 6.41. The van der Waals surface area contributed by atoms with E-state index in [-0.39, 0.29) is 0 Å². The molecular weight excluding hydrogens is 302 g/mol. The van der Waals surface area contributed by atoms with Gasteiger partial charge in [0, 0.05) is 30.5 Å². The van der Waals surface area contributed by atoms with Gasteiger partial charge in [0.05, 0.1) is 24.6 Å². The van der Waals surface area contributed by atoms with Crippen LogP contribution < -0.4 is 10.2 Å². The van der Waals surface area contributed by atoms with Crippen molar-refractivity contribution >= 4 is 17.8 Å². The Bertz CT molecular complexity index is 725. The van der Waals surface area contributed by atoms with Gasteiger partial charge in [-0.25, -0.2) is 0 Å². The van der Waals surface area contributed by atoms with E-state index in [9.17, 15) is 4.79 Å². The van der Waals surface area contributed by atoms with Crippen LogP contribution in [0.3, 0.4) is 0 Å².